The highest BCUT2D eigenvalue weighted by atomic mass is 16.5. The molecule has 2 aliphatic heterocycles. The van der Waals surface area contributed by atoms with Crippen molar-refractivity contribution in [3.63, 3.8) is 0 Å². The number of amides is 1. The molecule has 0 fully saturated rings. The molecule has 0 unspecified atom stereocenters. The number of aromatic nitrogens is 4. The van der Waals surface area contributed by atoms with Crippen LogP contribution in [0.5, 0.6) is 5.75 Å². The average molecular weight is 389 g/mol. The number of carbonyl (C=O) groups excluding carboxylic acids is 1. The van der Waals surface area contributed by atoms with Crippen molar-refractivity contribution in [1.29, 1.82) is 0 Å². The molecule has 0 radical (unpaired) electrons. The lowest BCUT2D eigenvalue weighted by Crippen LogP contribution is -2.44. The second-order valence-electron chi connectivity index (χ2n) is 7.87. The van der Waals surface area contributed by atoms with Gasteiger partial charge in [0, 0.05) is 36.5 Å². The van der Waals surface area contributed by atoms with Gasteiger partial charge in [-0.2, -0.15) is 5.10 Å². The van der Waals surface area contributed by atoms with Crippen LogP contribution in [-0.2, 0) is 13.0 Å². The van der Waals surface area contributed by atoms with Gasteiger partial charge in [0.25, 0.3) is 5.91 Å². The molecule has 1 aromatic carbocycles. The van der Waals surface area contributed by atoms with E-state index in [1.165, 1.54) is 0 Å². The summed E-state index contributed by atoms with van der Waals surface area (Å²) in [5.74, 6) is 2.63. The SMILES string of the molecule is CC(C)[C@@H]1c2nc(-c3cccnc3)nn2CCN1C(=O)c1ccc2c(c1)CCO2. The third-order valence-corrected chi connectivity index (χ3v) is 5.60. The van der Waals surface area contributed by atoms with Crippen LogP contribution >= 0.6 is 0 Å². The number of carbonyl (C=O) groups is 1. The van der Waals surface area contributed by atoms with Gasteiger partial charge in [0.2, 0.25) is 0 Å². The standard InChI is InChI=1S/C22H23N5O2/c1-14(2)19-21-24-20(17-4-3-8-23-13-17)25-27(21)10-9-26(19)22(28)16-5-6-18-15(12-16)7-11-29-18/h3-6,8,12-14,19H,7,9-11H2,1-2H3/t19-/m1/s1. The minimum absolute atomic E-state index is 0.0376. The minimum Gasteiger partial charge on any atom is -0.493 e. The lowest BCUT2D eigenvalue weighted by atomic mass is 9.98. The first-order valence-electron chi connectivity index (χ1n) is 10.0. The topological polar surface area (TPSA) is 73.1 Å². The van der Waals surface area contributed by atoms with Crippen LogP contribution in [0, 0.1) is 5.92 Å². The first-order chi connectivity index (χ1) is 14.1. The Morgan fingerprint density at radius 2 is 2.14 bits per heavy atom. The first kappa shape index (κ1) is 17.8. The molecule has 2 aliphatic rings. The number of nitrogens with zero attached hydrogens (tertiary/aromatic N) is 5. The van der Waals surface area contributed by atoms with E-state index in [1.807, 2.05) is 39.9 Å². The minimum atomic E-state index is -0.126. The zero-order valence-corrected chi connectivity index (χ0v) is 16.6. The summed E-state index contributed by atoms with van der Waals surface area (Å²) < 4.78 is 7.52. The van der Waals surface area contributed by atoms with E-state index in [9.17, 15) is 4.79 Å². The van der Waals surface area contributed by atoms with Crippen LogP contribution in [-0.4, -0.2) is 43.7 Å². The lowest BCUT2D eigenvalue weighted by Gasteiger charge is -2.37. The van der Waals surface area contributed by atoms with Gasteiger partial charge in [-0.15, -0.1) is 0 Å². The number of hydrogen-bond donors (Lipinski definition) is 0. The summed E-state index contributed by atoms with van der Waals surface area (Å²) in [4.78, 5) is 24.3. The number of rotatable bonds is 3. The smallest absolute Gasteiger partial charge is 0.254 e. The van der Waals surface area contributed by atoms with Crippen LogP contribution in [0.1, 0.15) is 41.6 Å². The monoisotopic (exact) mass is 389 g/mol. The Hall–Kier alpha value is -3.22. The number of ether oxygens (including phenoxy) is 1. The second-order valence-corrected chi connectivity index (χ2v) is 7.87. The van der Waals surface area contributed by atoms with Crippen LogP contribution in [0.2, 0.25) is 0 Å². The summed E-state index contributed by atoms with van der Waals surface area (Å²) >= 11 is 0. The van der Waals surface area contributed by atoms with Crippen LogP contribution in [0.25, 0.3) is 11.4 Å². The molecule has 5 rings (SSSR count). The van der Waals surface area contributed by atoms with E-state index in [4.69, 9.17) is 9.72 Å². The van der Waals surface area contributed by atoms with Gasteiger partial charge >= 0.3 is 0 Å². The Bertz CT molecular complexity index is 1060. The molecule has 4 heterocycles. The van der Waals surface area contributed by atoms with Gasteiger partial charge in [-0.25, -0.2) is 9.67 Å². The van der Waals surface area contributed by atoms with Gasteiger partial charge in [-0.05, 0) is 41.8 Å². The maximum atomic E-state index is 13.4. The summed E-state index contributed by atoms with van der Waals surface area (Å²) in [7, 11) is 0. The second kappa shape index (κ2) is 6.99. The van der Waals surface area contributed by atoms with Gasteiger partial charge < -0.3 is 9.64 Å². The first-order valence-corrected chi connectivity index (χ1v) is 10.0. The molecule has 1 amide bonds. The fraction of sp³-hybridized carbons (Fsp3) is 0.364. The van der Waals surface area contributed by atoms with Gasteiger partial charge in [-0.1, -0.05) is 13.8 Å². The quantitative estimate of drug-likeness (QED) is 0.688. The maximum absolute atomic E-state index is 13.4. The molecular formula is C22H23N5O2. The molecule has 2 aromatic heterocycles. The largest absolute Gasteiger partial charge is 0.493 e. The molecule has 0 aliphatic carbocycles. The summed E-state index contributed by atoms with van der Waals surface area (Å²) in [5, 5.41) is 4.68. The Morgan fingerprint density at radius 1 is 1.24 bits per heavy atom. The molecule has 148 valence electrons. The van der Waals surface area contributed by atoms with E-state index in [2.05, 4.69) is 23.9 Å². The fourth-order valence-corrected chi connectivity index (χ4v) is 4.21. The molecule has 7 heteroatoms. The third-order valence-electron chi connectivity index (χ3n) is 5.60. The molecule has 1 atom stereocenters. The Morgan fingerprint density at radius 3 is 2.93 bits per heavy atom. The molecule has 0 bridgehead atoms. The van der Waals surface area contributed by atoms with Crippen molar-refractivity contribution in [1.82, 2.24) is 24.6 Å². The van der Waals surface area contributed by atoms with E-state index >= 15 is 0 Å². The third kappa shape index (κ3) is 3.06. The van der Waals surface area contributed by atoms with Crippen molar-refractivity contribution >= 4 is 5.91 Å². The lowest BCUT2D eigenvalue weighted by molar-refractivity contribution is 0.0536. The molecule has 7 nitrogen and oxygen atoms in total. The van der Waals surface area contributed by atoms with E-state index in [-0.39, 0.29) is 17.9 Å². The predicted molar refractivity (Wildman–Crippen MR) is 108 cm³/mol. The molecule has 0 N–H and O–H groups in total. The van der Waals surface area contributed by atoms with Crippen molar-refractivity contribution in [3.8, 4) is 17.1 Å². The maximum Gasteiger partial charge on any atom is 0.254 e. The van der Waals surface area contributed by atoms with E-state index in [0.717, 1.165) is 29.1 Å². The number of pyridine rings is 1. The fourth-order valence-electron chi connectivity index (χ4n) is 4.21. The van der Waals surface area contributed by atoms with E-state index < -0.39 is 0 Å². The highest BCUT2D eigenvalue weighted by Crippen LogP contribution is 2.34. The van der Waals surface area contributed by atoms with Gasteiger partial charge in [-0.3, -0.25) is 9.78 Å². The van der Waals surface area contributed by atoms with Crippen molar-refractivity contribution < 1.29 is 9.53 Å². The molecule has 3 aromatic rings. The highest BCUT2D eigenvalue weighted by molar-refractivity contribution is 5.95. The molecule has 29 heavy (non-hydrogen) atoms. The van der Waals surface area contributed by atoms with Crippen molar-refractivity contribution in [3.05, 3.63) is 59.7 Å². The van der Waals surface area contributed by atoms with Gasteiger partial charge in [0.05, 0.1) is 19.2 Å². The number of fused-ring (bicyclic) bond motifs is 2. The summed E-state index contributed by atoms with van der Waals surface area (Å²) in [6.45, 7) is 6.17. The summed E-state index contributed by atoms with van der Waals surface area (Å²) in [6, 6.07) is 9.45. The van der Waals surface area contributed by atoms with Gasteiger partial charge in [0.15, 0.2) is 11.6 Å². The van der Waals surface area contributed by atoms with Crippen LogP contribution in [0.4, 0.5) is 0 Å². The van der Waals surface area contributed by atoms with Crippen molar-refractivity contribution in [2.45, 2.75) is 32.9 Å². The molecule has 0 saturated carbocycles. The Kier molecular flexibility index (Phi) is 4.30. The Balaban J connectivity index is 1.49. The van der Waals surface area contributed by atoms with Crippen molar-refractivity contribution in [2.75, 3.05) is 13.2 Å². The average Bonchev–Trinajstić information content (AvgIpc) is 3.39. The summed E-state index contributed by atoms with van der Waals surface area (Å²) in [5.41, 5.74) is 2.70. The molecule has 0 spiro atoms. The Labute approximate surface area is 169 Å². The van der Waals surface area contributed by atoms with Crippen LogP contribution in [0.3, 0.4) is 0 Å². The van der Waals surface area contributed by atoms with E-state index in [1.54, 1.807) is 12.4 Å². The molecular weight excluding hydrogens is 366 g/mol. The predicted octanol–water partition coefficient (Wildman–Crippen LogP) is 3.13. The zero-order valence-electron chi connectivity index (χ0n) is 16.6. The summed E-state index contributed by atoms with van der Waals surface area (Å²) in [6.07, 6.45) is 4.35. The van der Waals surface area contributed by atoms with E-state index in [0.29, 0.717) is 31.1 Å². The van der Waals surface area contributed by atoms with Gasteiger partial charge in [0.1, 0.15) is 5.75 Å². The normalized spacial score (nSPS) is 17.8. The molecule has 0 saturated heterocycles. The number of benzene rings is 1. The zero-order chi connectivity index (χ0) is 20.0. The van der Waals surface area contributed by atoms with Crippen molar-refractivity contribution in [2.24, 2.45) is 5.92 Å². The van der Waals surface area contributed by atoms with Crippen LogP contribution < -0.4 is 4.74 Å². The number of hydrogen-bond acceptors (Lipinski definition) is 5. The highest BCUT2D eigenvalue weighted by Gasteiger charge is 2.36. The van der Waals surface area contributed by atoms with Crippen LogP contribution in [0.15, 0.2) is 42.7 Å².